The van der Waals surface area contributed by atoms with Gasteiger partial charge in [0.1, 0.15) is 0 Å². The van der Waals surface area contributed by atoms with Gasteiger partial charge in [0.2, 0.25) is 0 Å². The van der Waals surface area contributed by atoms with Gasteiger partial charge in [0.25, 0.3) is 0 Å². The van der Waals surface area contributed by atoms with Gasteiger partial charge < -0.3 is 10.2 Å². The molecular formula is C10H18O2. The molecule has 0 radical (unpaired) electrons. The van der Waals surface area contributed by atoms with Crippen molar-refractivity contribution in [3.8, 4) is 0 Å². The van der Waals surface area contributed by atoms with Crippen molar-refractivity contribution in [2.24, 2.45) is 11.8 Å². The fraction of sp³-hybridized carbons (Fsp3) is 0.800. The van der Waals surface area contributed by atoms with Crippen LogP contribution >= 0.6 is 0 Å². The lowest BCUT2D eigenvalue weighted by molar-refractivity contribution is 0.176. The quantitative estimate of drug-likeness (QED) is 0.614. The Morgan fingerprint density at radius 3 is 2.58 bits per heavy atom. The molecule has 0 spiro atoms. The largest absolute Gasteiger partial charge is 0.396 e. The SMILES string of the molecule is CC1=C(CO)CCC(CO)C1C. The van der Waals surface area contributed by atoms with E-state index in [2.05, 4.69) is 13.8 Å². The van der Waals surface area contributed by atoms with Crippen molar-refractivity contribution in [3.05, 3.63) is 11.1 Å². The Hall–Kier alpha value is -0.340. The lowest BCUT2D eigenvalue weighted by Crippen LogP contribution is -2.23. The minimum atomic E-state index is 0.189. The standard InChI is InChI=1S/C10H18O2/c1-7-8(2)10(6-12)4-3-9(7)5-11/h7,9,11-12H,3-6H2,1-2H3. The van der Waals surface area contributed by atoms with E-state index in [4.69, 9.17) is 10.2 Å². The highest BCUT2D eigenvalue weighted by Gasteiger charge is 2.24. The monoisotopic (exact) mass is 170 g/mol. The van der Waals surface area contributed by atoms with Crippen LogP contribution in [0.2, 0.25) is 0 Å². The Kier molecular flexibility index (Phi) is 3.29. The average molecular weight is 170 g/mol. The number of aliphatic hydroxyl groups excluding tert-OH is 2. The fourth-order valence-corrected chi connectivity index (χ4v) is 1.94. The van der Waals surface area contributed by atoms with Gasteiger partial charge in [-0.2, -0.15) is 0 Å². The van der Waals surface area contributed by atoms with Crippen LogP contribution in [0.1, 0.15) is 26.7 Å². The van der Waals surface area contributed by atoms with Gasteiger partial charge in [-0.1, -0.05) is 12.5 Å². The van der Waals surface area contributed by atoms with Crippen LogP contribution in [0.25, 0.3) is 0 Å². The van der Waals surface area contributed by atoms with Crippen LogP contribution in [0.3, 0.4) is 0 Å². The zero-order chi connectivity index (χ0) is 9.14. The van der Waals surface area contributed by atoms with Crippen LogP contribution in [-0.2, 0) is 0 Å². The van der Waals surface area contributed by atoms with Crippen LogP contribution in [0.5, 0.6) is 0 Å². The average Bonchev–Trinajstić information content (AvgIpc) is 2.10. The van der Waals surface area contributed by atoms with Crippen LogP contribution in [0.15, 0.2) is 11.1 Å². The maximum atomic E-state index is 9.05. The molecule has 2 unspecified atom stereocenters. The van der Waals surface area contributed by atoms with Gasteiger partial charge in [-0.25, -0.2) is 0 Å². The molecule has 12 heavy (non-hydrogen) atoms. The van der Waals surface area contributed by atoms with Crippen molar-refractivity contribution >= 4 is 0 Å². The van der Waals surface area contributed by atoms with Gasteiger partial charge in [0.05, 0.1) is 6.61 Å². The van der Waals surface area contributed by atoms with E-state index < -0.39 is 0 Å². The van der Waals surface area contributed by atoms with E-state index in [9.17, 15) is 0 Å². The summed E-state index contributed by atoms with van der Waals surface area (Å²) in [5.74, 6) is 0.839. The molecule has 2 nitrogen and oxygen atoms in total. The highest BCUT2D eigenvalue weighted by atomic mass is 16.3. The normalized spacial score (nSPS) is 31.0. The summed E-state index contributed by atoms with van der Waals surface area (Å²) in [6, 6.07) is 0. The van der Waals surface area contributed by atoms with Gasteiger partial charge >= 0.3 is 0 Å². The summed E-state index contributed by atoms with van der Waals surface area (Å²) in [6.45, 7) is 4.66. The third-order valence-electron chi connectivity index (χ3n) is 3.19. The summed E-state index contributed by atoms with van der Waals surface area (Å²) < 4.78 is 0. The summed E-state index contributed by atoms with van der Waals surface area (Å²) in [5.41, 5.74) is 2.45. The molecular weight excluding hydrogens is 152 g/mol. The van der Waals surface area contributed by atoms with Crippen LogP contribution in [-0.4, -0.2) is 23.4 Å². The fourth-order valence-electron chi connectivity index (χ4n) is 1.94. The van der Waals surface area contributed by atoms with Crippen molar-refractivity contribution in [2.45, 2.75) is 26.7 Å². The number of allylic oxidation sites excluding steroid dienone is 1. The smallest absolute Gasteiger partial charge is 0.0644 e. The highest BCUT2D eigenvalue weighted by molar-refractivity contribution is 5.19. The van der Waals surface area contributed by atoms with Crippen molar-refractivity contribution in [3.63, 3.8) is 0 Å². The molecule has 0 saturated carbocycles. The molecule has 0 amide bonds. The number of aliphatic hydroxyl groups is 2. The summed E-state index contributed by atoms with van der Waals surface area (Å²) in [5, 5.41) is 18.1. The predicted octanol–water partition coefficient (Wildman–Crippen LogP) is 1.33. The van der Waals surface area contributed by atoms with Crippen molar-refractivity contribution in [1.29, 1.82) is 0 Å². The lowest BCUT2D eigenvalue weighted by Gasteiger charge is -2.30. The summed E-state index contributed by atoms with van der Waals surface area (Å²) in [7, 11) is 0. The lowest BCUT2D eigenvalue weighted by atomic mass is 9.77. The molecule has 1 aliphatic carbocycles. The molecule has 0 aromatic carbocycles. The van der Waals surface area contributed by atoms with Crippen LogP contribution in [0.4, 0.5) is 0 Å². The van der Waals surface area contributed by atoms with Gasteiger partial charge in [-0.3, -0.25) is 0 Å². The van der Waals surface area contributed by atoms with Crippen molar-refractivity contribution in [1.82, 2.24) is 0 Å². The molecule has 70 valence electrons. The Labute approximate surface area is 73.9 Å². The summed E-state index contributed by atoms with van der Waals surface area (Å²) in [4.78, 5) is 0. The maximum Gasteiger partial charge on any atom is 0.0644 e. The second-order valence-corrected chi connectivity index (χ2v) is 3.71. The molecule has 2 atom stereocenters. The highest BCUT2D eigenvalue weighted by Crippen LogP contribution is 2.33. The third kappa shape index (κ3) is 1.70. The molecule has 0 saturated heterocycles. The molecule has 0 aliphatic heterocycles. The van der Waals surface area contributed by atoms with E-state index in [0.29, 0.717) is 11.8 Å². The molecule has 2 heteroatoms. The molecule has 0 fully saturated rings. The summed E-state index contributed by atoms with van der Waals surface area (Å²) >= 11 is 0. The molecule has 2 N–H and O–H groups in total. The van der Waals surface area contributed by atoms with Crippen molar-refractivity contribution in [2.75, 3.05) is 13.2 Å². The first-order chi connectivity index (χ1) is 5.70. The molecule has 1 rings (SSSR count). The van der Waals surface area contributed by atoms with Crippen LogP contribution in [0, 0.1) is 11.8 Å². The van der Waals surface area contributed by atoms with Crippen molar-refractivity contribution < 1.29 is 10.2 Å². The van der Waals surface area contributed by atoms with E-state index in [1.807, 2.05) is 0 Å². The Morgan fingerprint density at radius 2 is 2.08 bits per heavy atom. The Bertz CT molecular complexity index is 184. The Morgan fingerprint density at radius 1 is 1.42 bits per heavy atom. The predicted molar refractivity (Wildman–Crippen MR) is 48.8 cm³/mol. The molecule has 0 aromatic rings. The minimum absolute atomic E-state index is 0.189. The third-order valence-corrected chi connectivity index (χ3v) is 3.19. The first-order valence-corrected chi connectivity index (χ1v) is 4.61. The van der Waals surface area contributed by atoms with E-state index in [1.165, 1.54) is 11.1 Å². The second kappa shape index (κ2) is 4.06. The number of hydrogen-bond acceptors (Lipinski definition) is 2. The minimum Gasteiger partial charge on any atom is -0.396 e. The first kappa shape index (κ1) is 9.75. The maximum absolute atomic E-state index is 9.05. The number of hydrogen-bond donors (Lipinski definition) is 2. The van der Waals surface area contributed by atoms with Gasteiger partial charge in [-0.05, 0) is 37.2 Å². The van der Waals surface area contributed by atoms with E-state index >= 15 is 0 Å². The van der Waals surface area contributed by atoms with E-state index in [1.54, 1.807) is 0 Å². The van der Waals surface area contributed by atoms with E-state index in [-0.39, 0.29) is 13.2 Å². The Balaban J connectivity index is 2.75. The van der Waals surface area contributed by atoms with Gasteiger partial charge in [-0.15, -0.1) is 0 Å². The second-order valence-electron chi connectivity index (χ2n) is 3.71. The van der Waals surface area contributed by atoms with E-state index in [0.717, 1.165) is 12.8 Å². The molecule has 0 aromatic heterocycles. The molecule has 0 bridgehead atoms. The first-order valence-electron chi connectivity index (χ1n) is 4.61. The van der Waals surface area contributed by atoms with Gasteiger partial charge in [0, 0.05) is 6.61 Å². The zero-order valence-corrected chi connectivity index (χ0v) is 7.88. The van der Waals surface area contributed by atoms with Gasteiger partial charge in [0.15, 0.2) is 0 Å². The molecule has 0 heterocycles. The topological polar surface area (TPSA) is 40.5 Å². The van der Waals surface area contributed by atoms with Crippen LogP contribution < -0.4 is 0 Å². The summed E-state index contributed by atoms with van der Waals surface area (Å²) in [6.07, 6.45) is 1.98. The molecule has 1 aliphatic rings. The zero-order valence-electron chi connectivity index (χ0n) is 7.88. The number of rotatable bonds is 2.